The minimum absolute atomic E-state index is 0.0378. The van der Waals surface area contributed by atoms with Crippen LogP contribution in [-0.4, -0.2) is 50.4 Å². The Hall–Kier alpha value is -1.93. The van der Waals surface area contributed by atoms with Crippen LogP contribution in [-0.2, 0) is 19.6 Å². The minimum atomic E-state index is -3.63. The fraction of sp³-hybridized carbons (Fsp3) is 0.619. The number of sulfonamides is 1. The fourth-order valence-corrected chi connectivity index (χ4v) is 5.77. The van der Waals surface area contributed by atoms with Gasteiger partial charge in [-0.15, -0.1) is 0 Å². The molecule has 1 aromatic carbocycles. The van der Waals surface area contributed by atoms with Crippen molar-refractivity contribution in [1.29, 1.82) is 0 Å². The van der Waals surface area contributed by atoms with Crippen LogP contribution in [0.2, 0.25) is 0 Å². The Bertz CT molecular complexity index is 852. The van der Waals surface area contributed by atoms with E-state index < -0.39 is 16.1 Å². The van der Waals surface area contributed by atoms with Gasteiger partial charge in [-0.25, -0.2) is 17.9 Å². The molecule has 1 heterocycles. The molecule has 3 rings (SSSR count). The van der Waals surface area contributed by atoms with E-state index >= 15 is 0 Å². The minimum Gasteiger partial charge on any atom is -0.467 e. The molecule has 1 N–H and O–H groups in total. The summed E-state index contributed by atoms with van der Waals surface area (Å²) in [5.41, 5.74) is 0.382. The second kappa shape index (κ2) is 8.83. The van der Waals surface area contributed by atoms with Crippen LogP contribution in [0.15, 0.2) is 29.2 Å². The van der Waals surface area contributed by atoms with Crippen molar-refractivity contribution in [2.75, 3.05) is 7.11 Å². The third-order valence-corrected chi connectivity index (χ3v) is 7.78. The van der Waals surface area contributed by atoms with Crippen LogP contribution >= 0.6 is 0 Å². The third kappa shape index (κ3) is 4.48. The number of fused-ring (bicyclic) bond motifs is 1. The maximum Gasteiger partial charge on any atom is 0.328 e. The van der Waals surface area contributed by atoms with Crippen molar-refractivity contribution in [2.45, 2.75) is 75.4 Å². The number of rotatable bonds is 6. The van der Waals surface area contributed by atoms with Crippen molar-refractivity contribution < 1.29 is 22.7 Å². The number of nitrogens with zero attached hydrogens (tertiary/aromatic N) is 1. The van der Waals surface area contributed by atoms with Crippen molar-refractivity contribution >= 4 is 21.9 Å². The average molecular weight is 423 g/mol. The summed E-state index contributed by atoms with van der Waals surface area (Å²) in [7, 11) is -2.29. The van der Waals surface area contributed by atoms with Gasteiger partial charge in [0.05, 0.1) is 12.0 Å². The number of ether oxygens (including phenoxy) is 1. The van der Waals surface area contributed by atoms with Crippen LogP contribution in [0.25, 0.3) is 0 Å². The van der Waals surface area contributed by atoms with Crippen molar-refractivity contribution in [3.63, 3.8) is 0 Å². The molecule has 0 aromatic heterocycles. The predicted molar refractivity (Wildman–Crippen MR) is 109 cm³/mol. The SMILES string of the molecule is CCC(C)NS(=O)(=O)c1ccc(C(=O)N2C(C(=O)OC)CC3CCCCC32)cc1. The lowest BCUT2D eigenvalue weighted by molar-refractivity contribution is -0.145. The maximum atomic E-state index is 13.3. The Morgan fingerprint density at radius 3 is 2.48 bits per heavy atom. The topological polar surface area (TPSA) is 92.8 Å². The number of carbonyl (C=O) groups is 2. The van der Waals surface area contributed by atoms with E-state index in [9.17, 15) is 18.0 Å². The highest BCUT2D eigenvalue weighted by atomic mass is 32.2. The summed E-state index contributed by atoms with van der Waals surface area (Å²) >= 11 is 0. The first-order valence-electron chi connectivity index (χ1n) is 10.3. The first kappa shape index (κ1) is 21.8. The molecule has 1 saturated carbocycles. The quantitative estimate of drug-likeness (QED) is 0.712. The Kier molecular flexibility index (Phi) is 6.63. The smallest absolute Gasteiger partial charge is 0.328 e. The van der Waals surface area contributed by atoms with Crippen LogP contribution in [0, 0.1) is 5.92 Å². The summed E-state index contributed by atoms with van der Waals surface area (Å²) in [6.45, 7) is 3.71. The molecule has 8 heteroatoms. The average Bonchev–Trinajstić information content (AvgIpc) is 3.12. The number of amides is 1. The molecule has 0 radical (unpaired) electrons. The summed E-state index contributed by atoms with van der Waals surface area (Å²) in [5.74, 6) is -0.311. The number of hydrogen-bond acceptors (Lipinski definition) is 5. The van der Waals surface area contributed by atoms with Crippen LogP contribution in [0.1, 0.15) is 62.7 Å². The molecule has 4 unspecified atom stereocenters. The lowest BCUT2D eigenvalue weighted by Crippen LogP contribution is -2.46. The summed E-state index contributed by atoms with van der Waals surface area (Å²) in [4.78, 5) is 27.4. The number of hydrogen-bond donors (Lipinski definition) is 1. The molecule has 1 aliphatic carbocycles. The molecular weight excluding hydrogens is 392 g/mol. The van der Waals surface area contributed by atoms with Gasteiger partial charge in [0, 0.05) is 17.6 Å². The molecule has 0 bridgehead atoms. The zero-order chi connectivity index (χ0) is 21.2. The molecule has 2 aliphatic rings. The lowest BCUT2D eigenvalue weighted by Gasteiger charge is -2.33. The Balaban J connectivity index is 1.84. The van der Waals surface area contributed by atoms with Crippen molar-refractivity contribution in [3.8, 4) is 0 Å². The first-order valence-corrected chi connectivity index (χ1v) is 11.8. The summed E-state index contributed by atoms with van der Waals surface area (Å²) in [6.07, 6.45) is 5.37. The predicted octanol–water partition coefficient (Wildman–Crippen LogP) is 2.71. The van der Waals surface area contributed by atoms with E-state index in [1.807, 2.05) is 6.92 Å². The molecule has 1 amide bonds. The molecule has 1 saturated heterocycles. The molecule has 4 atom stereocenters. The Labute approximate surface area is 172 Å². The molecule has 1 aliphatic heterocycles. The van der Waals surface area contributed by atoms with Gasteiger partial charge in [0.2, 0.25) is 10.0 Å². The van der Waals surface area contributed by atoms with Gasteiger partial charge in [-0.1, -0.05) is 19.8 Å². The summed E-state index contributed by atoms with van der Waals surface area (Å²) in [6, 6.07) is 5.23. The van der Waals surface area contributed by atoms with E-state index in [1.165, 1.54) is 31.4 Å². The van der Waals surface area contributed by atoms with Gasteiger partial charge in [0.15, 0.2) is 0 Å². The molecule has 1 aromatic rings. The van der Waals surface area contributed by atoms with Gasteiger partial charge in [-0.2, -0.15) is 0 Å². The number of carbonyl (C=O) groups excluding carboxylic acids is 2. The highest BCUT2D eigenvalue weighted by molar-refractivity contribution is 7.89. The van der Waals surface area contributed by atoms with E-state index in [1.54, 1.807) is 11.8 Å². The van der Waals surface area contributed by atoms with Gasteiger partial charge < -0.3 is 9.64 Å². The summed E-state index contributed by atoms with van der Waals surface area (Å²) in [5, 5.41) is 0. The van der Waals surface area contributed by atoms with E-state index in [0.717, 1.165) is 25.7 Å². The van der Waals surface area contributed by atoms with Gasteiger partial charge in [0.1, 0.15) is 6.04 Å². The van der Waals surface area contributed by atoms with Crippen molar-refractivity contribution in [1.82, 2.24) is 9.62 Å². The van der Waals surface area contributed by atoms with E-state index in [-0.39, 0.29) is 28.9 Å². The highest BCUT2D eigenvalue weighted by Gasteiger charge is 2.48. The van der Waals surface area contributed by atoms with Crippen molar-refractivity contribution in [3.05, 3.63) is 29.8 Å². The van der Waals surface area contributed by atoms with Crippen LogP contribution in [0.3, 0.4) is 0 Å². The normalized spacial score (nSPS) is 25.3. The fourth-order valence-electron chi connectivity index (χ4n) is 4.44. The monoisotopic (exact) mass is 422 g/mol. The van der Waals surface area contributed by atoms with Gasteiger partial charge >= 0.3 is 5.97 Å². The standard InChI is InChI=1S/C21H30N2O5S/c1-4-14(2)22-29(26,27)17-11-9-15(10-12-17)20(24)23-18-8-6-5-7-16(18)13-19(23)21(25)28-3/h9-12,14,16,18-19,22H,4-8,13H2,1-3H3. The lowest BCUT2D eigenvalue weighted by atomic mass is 9.84. The number of likely N-dealkylation sites (tertiary alicyclic amines) is 1. The van der Waals surface area contributed by atoms with Crippen LogP contribution in [0.5, 0.6) is 0 Å². The molecular formula is C21H30N2O5S. The Morgan fingerprint density at radius 1 is 1.21 bits per heavy atom. The second-order valence-electron chi connectivity index (χ2n) is 8.05. The van der Waals surface area contributed by atoms with Gasteiger partial charge in [-0.05, 0) is 62.8 Å². The molecule has 2 fully saturated rings. The zero-order valence-electron chi connectivity index (χ0n) is 17.3. The maximum absolute atomic E-state index is 13.3. The molecule has 29 heavy (non-hydrogen) atoms. The highest BCUT2D eigenvalue weighted by Crippen LogP contribution is 2.40. The number of methoxy groups -OCH3 is 1. The Morgan fingerprint density at radius 2 is 1.86 bits per heavy atom. The summed E-state index contributed by atoms with van der Waals surface area (Å²) < 4.78 is 32.4. The molecule has 0 spiro atoms. The first-order chi connectivity index (χ1) is 13.8. The van der Waals surface area contributed by atoms with E-state index in [2.05, 4.69) is 4.72 Å². The van der Waals surface area contributed by atoms with Gasteiger partial charge in [0.25, 0.3) is 5.91 Å². The second-order valence-corrected chi connectivity index (χ2v) is 9.77. The van der Waals surface area contributed by atoms with Crippen LogP contribution in [0.4, 0.5) is 0 Å². The number of benzene rings is 1. The third-order valence-electron chi connectivity index (χ3n) is 6.18. The largest absolute Gasteiger partial charge is 0.467 e. The molecule has 7 nitrogen and oxygen atoms in total. The zero-order valence-corrected chi connectivity index (χ0v) is 18.1. The number of nitrogens with one attached hydrogen (secondary N) is 1. The van der Waals surface area contributed by atoms with E-state index in [4.69, 9.17) is 4.74 Å². The molecule has 160 valence electrons. The van der Waals surface area contributed by atoms with Crippen LogP contribution < -0.4 is 4.72 Å². The van der Waals surface area contributed by atoms with Crippen molar-refractivity contribution in [2.24, 2.45) is 5.92 Å². The number of esters is 1. The van der Waals surface area contributed by atoms with E-state index in [0.29, 0.717) is 24.3 Å². The van der Waals surface area contributed by atoms with Gasteiger partial charge in [-0.3, -0.25) is 4.79 Å².